The van der Waals surface area contributed by atoms with Crippen molar-refractivity contribution in [2.75, 3.05) is 0 Å². The van der Waals surface area contributed by atoms with E-state index in [1.165, 1.54) is 18.2 Å². The number of halogens is 3. The highest BCUT2D eigenvalue weighted by Crippen LogP contribution is 2.30. The minimum absolute atomic E-state index is 0.144. The number of carbonyl (C=O) groups is 2. The van der Waals surface area contributed by atoms with Crippen molar-refractivity contribution < 1.29 is 23.5 Å². The summed E-state index contributed by atoms with van der Waals surface area (Å²) < 4.78 is 29.2. The van der Waals surface area contributed by atoms with Gasteiger partial charge in [-0.2, -0.15) is 5.10 Å². The highest BCUT2D eigenvalue weighted by atomic mass is 35.5. The van der Waals surface area contributed by atoms with Crippen LogP contribution < -0.4 is 5.32 Å². The van der Waals surface area contributed by atoms with E-state index < -0.39 is 23.5 Å². The van der Waals surface area contributed by atoms with Crippen molar-refractivity contribution in [3.63, 3.8) is 0 Å². The number of rotatable bonds is 7. The van der Waals surface area contributed by atoms with Crippen LogP contribution in [0.3, 0.4) is 0 Å². The summed E-state index contributed by atoms with van der Waals surface area (Å²) in [5.41, 5.74) is 3.53. The molecule has 0 aliphatic heterocycles. The van der Waals surface area contributed by atoms with Gasteiger partial charge in [-0.1, -0.05) is 41.9 Å². The number of aromatic nitrogens is 2. The van der Waals surface area contributed by atoms with Crippen molar-refractivity contribution in [1.82, 2.24) is 15.1 Å². The lowest BCUT2D eigenvalue weighted by molar-refractivity contribution is 0.0696. The summed E-state index contributed by atoms with van der Waals surface area (Å²) in [7, 11) is 0. The third-order valence-corrected chi connectivity index (χ3v) is 6.34. The van der Waals surface area contributed by atoms with Crippen molar-refractivity contribution >= 4 is 34.4 Å². The summed E-state index contributed by atoms with van der Waals surface area (Å²) in [6.45, 7) is 0.504. The Bertz CT molecular complexity index is 1680. The lowest BCUT2D eigenvalue weighted by Crippen LogP contribution is -2.24. The Morgan fingerprint density at radius 3 is 2.39 bits per heavy atom. The van der Waals surface area contributed by atoms with Crippen molar-refractivity contribution in [3.8, 4) is 11.1 Å². The van der Waals surface area contributed by atoms with E-state index in [1.807, 2.05) is 18.2 Å². The van der Waals surface area contributed by atoms with Gasteiger partial charge in [-0.15, -0.1) is 0 Å². The Hall–Kier alpha value is -4.56. The molecule has 2 N–H and O–H groups in total. The van der Waals surface area contributed by atoms with Gasteiger partial charge in [0.1, 0.15) is 0 Å². The summed E-state index contributed by atoms with van der Waals surface area (Å²) in [5.74, 6) is -3.40. The zero-order valence-corrected chi connectivity index (χ0v) is 20.5. The van der Waals surface area contributed by atoms with Crippen LogP contribution in [0.15, 0.2) is 85.1 Å². The molecule has 0 saturated heterocycles. The lowest BCUT2D eigenvalue weighted by atomic mass is 9.99. The standard InChI is InChI=1S/C29H20ClF2N3O3/c30-23-3-1-2-18(10-23)16-35-27-22(15-34-35)11-21(20-8-9-25(31)26(32)13-20)12-24(27)28(36)33-14-17-4-6-19(7-5-17)29(37)38/h1-13,15H,14,16H2,(H,33,36)(H,37,38). The number of hydrogen-bond donors (Lipinski definition) is 2. The maximum Gasteiger partial charge on any atom is 0.335 e. The number of carboxylic acid groups (broad SMARTS) is 1. The molecule has 0 spiro atoms. The molecule has 0 aliphatic rings. The molecular weight excluding hydrogens is 512 g/mol. The molecule has 5 aromatic rings. The van der Waals surface area contributed by atoms with Crippen LogP contribution in [0.5, 0.6) is 0 Å². The Morgan fingerprint density at radius 1 is 0.895 bits per heavy atom. The van der Waals surface area contributed by atoms with E-state index in [0.29, 0.717) is 44.7 Å². The van der Waals surface area contributed by atoms with Crippen molar-refractivity contribution in [2.45, 2.75) is 13.1 Å². The molecule has 0 bridgehead atoms. The molecular formula is C29H20ClF2N3O3. The lowest BCUT2D eigenvalue weighted by Gasteiger charge is -2.12. The second-order valence-electron chi connectivity index (χ2n) is 8.71. The first-order valence-electron chi connectivity index (χ1n) is 11.6. The SMILES string of the molecule is O=C(O)c1ccc(CNC(=O)c2cc(-c3ccc(F)c(F)c3)cc3cnn(Cc4cccc(Cl)c4)c23)cc1. The van der Waals surface area contributed by atoms with E-state index in [0.717, 1.165) is 17.7 Å². The molecule has 1 amide bonds. The molecule has 0 atom stereocenters. The molecule has 0 unspecified atom stereocenters. The molecule has 5 rings (SSSR count). The van der Waals surface area contributed by atoms with Gasteiger partial charge in [-0.25, -0.2) is 13.6 Å². The second-order valence-corrected chi connectivity index (χ2v) is 9.14. The van der Waals surface area contributed by atoms with Crippen molar-refractivity contribution in [1.29, 1.82) is 0 Å². The van der Waals surface area contributed by atoms with Gasteiger partial charge in [0.05, 0.1) is 29.4 Å². The monoisotopic (exact) mass is 531 g/mol. The molecule has 1 aromatic heterocycles. The largest absolute Gasteiger partial charge is 0.478 e. The summed E-state index contributed by atoms with van der Waals surface area (Å²) in [5, 5.41) is 17.7. The van der Waals surface area contributed by atoms with Gasteiger partial charge < -0.3 is 10.4 Å². The predicted octanol–water partition coefficient (Wildman–Crippen LogP) is 6.31. The summed E-state index contributed by atoms with van der Waals surface area (Å²) in [6, 6.07) is 20.4. The number of nitrogens with one attached hydrogen (secondary N) is 1. The molecule has 0 radical (unpaired) electrons. The first-order chi connectivity index (χ1) is 18.3. The molecule has 1 heterocycles. The quantitative estimate of drug-likeness (QED) is 0.258. The first-order valence-corrected chi connectivity index (χ1v) is 12.0. The van der Waals surface area contributed by atoms with Gasteiger partial charge in [0.25, 0.3) is 5.91 Å². The van der Waals surface area contributed by atoms with Gasteiger partial charge in [-0.05, 0) is 70.8 Å². The van der Waals surface area contributed by atoms with Gasteiger partial charge in [0.15, 0.2) is 11.6 Å². The van der Waals surface area contributed by atoms with Crippen LogP contribution in [-0.4, -0.2) is 26.8 Å². The van der Waals surface area contributed by atoms with E-state index in [1.54, 1.807) is 41.2 Å². The van der Waals surface area contributed by atoms with Crippen molar-refractivity contribution in [2.24, 2.45) is 0 Å². The Kier molecular flexibility index (Phi) is 6.89. The molecule has 6 nitrogen and oxygen atoms in total. The molecule has 9 heteroatoms. The maximum atomic E-state index is 14.0. The van der Waals surface area contributed by atoms with Gasteiger partial charge in [0, 0.05) is 17.0 Å². The minimum Gasteiger partial charge on any atom is -0.478 e. The smallest absolute Gasteiger partial charge is 0.335 e. The number of fused-ring (bicyclic) bond motifs is 1. The van der Waals surface area contributed by atoms with Crippen LogP contribution in [0.4, 0.5) is 8.78 Å². The van der Waals surface area contributed by atoms with Gasteiger partial charge >= 0.3 is 5.97 Å². The number of carboxylic acids is 1. The number of nitrogens with zero attached hydrogens (tertiary/aromatic N) is 2. The van der Waals surface area contributed by atoms with E-state index in [4.69, 9.17) is 16.7 Å². The van der Waals surface area contributed by atoms with Crippen LogP contribution >= 0.6 is 11.6 Å². The molecule has 190 valence electrons. The van der Waals surface area contributed by atoms with E-state index in [-0.39, 0.29) is 12.1 Å². The number of carbonyl (C=O) groups excluding carboxylic acids is 1. The van der Waals surface area contributed by atoms with Crippen LogP contribution in [0.25, 0.3) is 22.0 Å². The topological polar surface area (TPSA) is 84.2 Å². The van der Waals surface area contributed by atoms with Crippen LogP contribution in [0.1, 0.15) is 31.8 Å². The molecule has 0 fully saturated rings. The molecule has 0 aliphatic carbocycles. The zero-order valence-electron chi connectivity index (χ0n) is 19.8. The predicted molar refractivity (Wildman–Crippen MR) is 140 cm³/mol. The second kappa shape index (κ2) is 10.4. The Morgan fingerprint density at radius 2 is 1.68 bits per heavy atom. The fourth-order valence-corrected chi connectivity index (χ4v) is 4.43. The summed E-state index contributed by atoms with van der Waals surface area (Å²) in [6.07, 6.45) is 1.62. The van der Waals surface area contributed by atoms with Gasteiger partial charge in [0.2, 0.25) is 0 Å². The Balaban J connectivity index is 1.53. The number of aromatic carboxylic acids is 1. The molecule has 38 heavy (non-hydrogen) atoms. The fraction of sp³-hybridized carbons (Fsp3) is 0.0690. The number of hydrogen-bond acceptors (Lipinski definition) is 3. The Labute approximate surface area is 221 Å². The van der Waals surface area contributed by atoms with E-state index in [2.05, 4.69) is 10.4 Å². The number of amides is 1. The summed E-state index contributed by atoms with van der Waals surface area (Å²) in [4.78, 5) is 24.6. The van der Waals surface area contributed by atoms with E-state index in [9.17, 15) is 18.4 Å². The highest BCUT2D eigenvalue weighted by Gasteiger charge is 2.18. The van der Waals surface area contributed by atoms with Crippen molar-refractivity contribution in [3.05, 3.63) is 124 Å². The van der Waals surface area contributed by atoms with Gasteiger partial charge in [-0.3, -0.25) is 9.48 Å². The van der Waals surface area contributed by atoms with Crippen LogP contribution in [0, 0.1) is 11.6 Å². The molecule has 4 aromatic carbocycles. The van der Waals surface area contributed by atoms with Crippen LogP contribution in [-0.2, 0) is 13.1 Å². The average molecular weight is 532 g/mol. The first kappa shape index (κ1) is 25.1. The maximum absolute atomic E-state index is 14.0. The normalized spacial score (nSPS) is 11.0. The average Bonchev–Trinajstić information content (AvgIpc) is 3.31. The zero-order chi connectivity index (χ0) is 26.8. The van der Waals surface area contributed by atoms with Crippen LogP contribution in [0.2, 0.25) is 5.02 Å². The highest BCUT2D eigenvalue weighted by molar-refractivity contribution is 6.30. The summed E-state index contributed by atoms with van der Waals surface area (Å²) >= 11 is 6.14. The number of benzene rings is 4. The van der Waals surface area contributed by atoms with E-state index >= 15 is 0 Å². The third kappa shape index (κ3) is 5.26. The fourth-order valence-electron chi connectivity index (χ4n) is 4.22. The minimum atomic E-state index is -1.04. The third-order valence-electron chi connectivity index (χ3n) is 6.11. The molecule has 0 saturated carbocycles.